The van der Waals surface area contributed by atoms with E-state index in [0.29, 0.717) is 18.5 Å². The van der Waals surface area contributed by atoms with Crippen molar-refractivity contribution >= 4 is 94.6 Å². The molecule has 152 valence electrons. The standard InChI is InChI=1S/C19H13I3O6S/c20-14-10-15(21)18(29(24,25)26)16(22)17(14)27-8-9-28-19(23)13-7-3-5-11-4-1-2-6-12(11)13/h1-7,10H,8-9H2,(H,24,25,26). The second kappa shape index (κ2) is 9.62. The summed E-state index contributed by atoms with van der Waals surface area (Å²) in [6.45, 7) is 0.0232. The molecule has 0 atom stereocenters. The van der Waals surface area contributed by atoms with Crippen LogP contribution in [0.2, 0.25) is 0 Å². The molecule has 1 N–H and O–H groups in total. The van der Waals surface area contributed by atoms with Crippen LogP contribution in [0, 0.1) is 10.7 Å². The third-order valence-electron chi connectivity index (χ3n) is 3.92. The van der Waals surface area contributed by atoms with Gasteiger partial charge in [0.1, 0.15) is 23.9 Å². The molecule has 0 amide bonds. The van der Waals surface area contributed by atoms with Crippen LogP contribution >= 0.6 is 67.8 Å². The lowest BCUT2D eigenvalue weighted by Gasteiger charge is -2.14. The zero-order chi connectivity index (χ0) is 21.2. The van der Waals surface area contributed by atoms with E-state index in [0.717, 1.165) is 10.8 Å². The predicted octanol–water partition coefficient (Wildman–Crippen LogP) is 5.14. The zero-order valence-electron chi connectivity index (χ0n) is 14.6. The van der Waals surface area contributed by atoms with E-state index in [1.165, 1.54) is 0 Å². The fourth-order valence-corrected chi connectivity index (χ4v) is 8.66. The molecule has 10 heteroatoms. The number of esters is 1. The van der Waals surface area contributed by atoms with Gasteiger partial charge in [-0.2, -0.15) is 8.42 Å². The van der Waals surface area contributed by atoms with Crippen molar-refractivity contribution in [2.45, 2.75) is 4.90 Å². The van der Waals surface area contributed by atoms with Gasteiger partial charge in [-0.05, 0) is 90.7 Å². The smallest absolute Gasteiger partial charge is 0.338 e. The highest BCUT2D eigenvalue weighted by atomic mass is 127. The van der Waals surface area contributed by atoms with Crippen LogP contribution in [0.5, 0.6) is 5.75 Å². The molecule has 0 heterocycles. The molecule has 29 heavy (non-hydrogen) atoms. The first-order valence-electron chi connectivity index (χ1n) is 8.13. The Bertz CT molecular complexity index is 1190. The average Bonchev–Trinajstić information content (AvgIpc) is 2.65. The lowest BCUT2D eigenvalue weighted by atomic mass is 10.1. The third kappa shape index (κ3) is 5.32. The largest absolute Gasteiger partial charge is 0.488 e. The number of carbonyl (C=O) groups is 1. The Hall–Kier alpha value is -0.710. The van der Waals surface area contributed by atoms with Crippen LogP contribution in [0.25, 0.3) is 10.8 Å². The summed E-state index contributed by atoms with van der Waals surface area (Å²) in [5, 5.41) is 1.75. The van der Waals surface area contributed by atoms with Crippen LogP contribution in [0.3, 0.4) is 0 Å². The predicted molar refractivity (Wildman–Crippen MR) is 134 cm³/mol. The molecule has 0 saturated carbocycles. The lowest BCUT2D eigenvalue weighted by molar-refractivity contribution is 0.0451. The number of carbonyl (C=O) groups excluding carboxylic acids is 1. The van der Waals surface area contributed by atoms with Crippen LogP contribution in [0.15, 0.2) is 53.4 Å². The Labute approximate surface area is 208 Å². The molecule has 0 saturated heterocycles. The molecule has 0 fully saturated rings. The normalized spacial score (nSPS) is 11.4. The first-order chi connectivity index (χ1) is 13.7. The Morgan fingerprint density at radius 1 is 0.966 bits per heavy atom. The Kier molecular flexibility index (Phi) is 7.61. The molecule has 0 radical (unpaired) electrons. The second-order valence-corrected chi connectivity index (χ2v) is 10.6. The number of hydrogen-bond acceptors (Lipinski definition) is 5. The number of rotatable bonds is 6. The van der Waals surface area contributed by atoms with Crippen molar-refractivity contribution in [1.82, 2.24) is 0 Å². The molecule has 6 nitrogen and oxygen atoms in total. The van der Waals surface area contributed by atoms with Gasteiger partial charge in [0.2, 0.25) is 0 Å². The van der Waals surface area contributed by atoms with Gasteiger partial charge in [0.15, 0.2) is 0 Å². The molecule has 0 spiro atoms. The SMILES string of the molecule is O=C(OCCOc1c(I)cc(I)c(S(=O)(=O)O)c1I)c1cccc2ccccc12. The van der Waals surface area contributed by atoms with Crippen LogP contribution < -0.4 is 4.74 Å². The highest BCUT2D eigenvalue weighted by molar-refractivity contribution is 14.1. The fraction of sp³-hybridized carbons (Fsp3) is 0.105. The molecular weight excluding hydrogens is 737 g/mol. The Morgan fingerprint density at radius 3 is 2.38 bits per heavy atom. The number of fused-ring (bicyclic) bond motifs is 1. The summed E-state index contributed by atoms with van der Waals surface area (Å²) in [5.74, 6) is -0.142. The Morgan fingerprint density at radius 2 is 1.66 bits per heavy atom. The molecule has 3 aromatic carbocycles. The monoisotopic (exact) mass is 750 g/mol. The quantitative estimate of drug-likeness (QED) is 0.163. The van der Waals surface area contributed by atoms with Crippen molar-refractivity contribution in [2.75, 3.05) is 13.2 Å². The number of hydrogen-bond donors (Lipinski definition) is 1. The van der Waals surface area contributed by atoms with Crippen molar-refractivity contribution in [3.63, 3.8) is 0 Å². The van der Waals surface area contributed by atoms with Crippen molar-refractivity contribution < 1.29 is 27.2 Å². The summed E-state index contributed by atoms with van der Waals surface area (Å²) in [5.41, 5.74) is 0.468. The van der Waals surface area contributed by atoms with E-state index in [1.807, 2.05) is 98.1 Å². The lowest BCUT2D eigenvalue weighted by Crippen LogP contribution is -2.14. The van der Waals surface area contributed by atoms with Gasteiger partial charge >= 0.3 is 5.97 Å². The van der Waals surface area contributed by atoms with E-state index in [-0.39, 0.29) is 21.7 Å². The molecule has 0 bridgehead atoms. The summed E-state index contributed by atoms with van der Waals surface area (Å²) < 4.78 is 45.1. The summed E-state index contributed by atoms with van der Waals surface area (Å²) in [6.07, 6.45) is 0. The van der Waals surface area contributed by atoms with Crippen LogP contribution in [0.1, 0.15) is 10.4 Å². The van der Waals surface area contributed by atoms with E-state index in [1.54, 1.807) is 18.2 Å². The maximum Gasteiger partial charge on any atom is 0.338 e. The van der Waals surface area contributed by atoms with E-state index in [2.05, 4.69) is 0 Å². The van der Waals surface area contributed by atoms with E-state index < -0.39 is 16.1 Å². The van der Waals surface area contributed by atoms with Crippen molar-refractivity contribution in [3.05, 3.63) is 64.8 Å². The van der Waals surface area contributed by atoms with Gasteiger partial charge in [-0.3, -0.25) is 4.55 Å². The molecule has 0 aliphatic rings. The molecular formula is C19H13I3O6S. The van der Waals surface area contributed by atoms with Crippen molar-refractivity contribution in [1.29, 1.82) is 0 Å². The van der Waals surface area contributed by atoms with Crippen LogP contribution in [-0.4, -0.2) is 32.2 Å². The first-order valence-corrected chi connectivity index (χ1v) is 12.8. The summed E-state index contributed by atoms with van der Waals surface area (Å²) >= 11 is 5.69. The minimum absolute atomic E-state index is 0.0125. The van der Waals surface area contributed by atoms with Gasteiger partial charge in [-0.1, -0.05) is 36.4 Å². The number of benzene rings is 3. The van der Waals surface area contributed by atoms with Crippen LogP contribution in [-0.2, 0) is 14.9 Å². The molecule has 0 aliphatic carbocycles. The summed E-state index contributed by atoms with van der Waals surface area (Å²) in [7, 11) is -4.39. The van der Waals surface area contributed by atoms with Gasteiger partial charge in [-0.15, -0.1) is 0 Å². The van der Waals surface area contributed by atoms with Gasteiger partial charge in [0.05, 0.1) is 12.7 Å². The number of ether oxygens (including phenoxy) is 2. The van der Waals surface area contributed by atoms with Gasteiger partial charge in [0.25, 0.3) is 10.1 Å². The second-order valence-electron chi connectivity index (χ2n) is 5.80. The average molecular weight is 750 g/mol. The van der Waals surface area contributed by atoms with E-state index in [9.17, 15) is 17.8 Å². The van der Waals surface area contributed by atoms with Crippen molar-refractivity contribution in [3.8, 4) is 5.75 Å². The highest BCUT2D eigenvalue weighted by Gasteiger charge is 2.24. The molecule has 0 aromatic heterocycles. The number of halogens is 3. The molecule has 0 aliphatic heterocycles. The maximum atomic E-state index is 12.4. The maximum absolute atomic E-state index is 12.4. The van der Waals surface area contributed by atoms with E-state index >= 15 is 0 Å². The Balaban J connectivity index is 1.70. The fourth-order valence-electron chi connectivity index (χ4n) is 2.68. The highest BCUT2D eigenvalue weighted by Crippen LogP contribution is 2.36. The van der Waals surface area contributed by atoms with E-state index in [4.69, 9.17) is 9.47 Å². The van der Waals surface area contributed by atoms with Gasteiger partial charge in [-0.25, -0.2) is 4.79 Å². The summed E-state index contributed by atoms with van der Waals surface area (Å²) in [4.78, 5) is 12.2. The van der Waals surface area contributed by atoms with Crippen LogP contribution in [0.4, 0.5) is 0 Å². The molecule has 3 aromatic rings. The molecule has 3 rings (SSSR count). The first kappa shape index (κ1) is 23.0. The third-order valence-corrected chi connectivity index (χ3v) is 8.27. The van der Waals surface area contributed by atoms with Crippen molar-refractivity contribution in [2.24, 2.45) is 0 Å². The minimum Gasteiger partial charge on any atom is -0.488 e. The zero-order valence-corrected chi connectivity index (χ0v) is 21.9. The minimum atomic E-state index is -4.39. The topological polar surface area (TPSA) is 89.9 Å². The summed E-state index contributed by atoms with van der Waals surface area (Å²) in [6, 6.07) is 14.5. The van der Waals surface area contributed by atoms with Gasteiger partial charge < -0.3 is 9.47 Å². The van der Waals surface area contributed by atoms with Gasteiger partial charge in [0, 0.05) is 3.57 Å². The molecule has 0 unspecified atom stereocenters.